The average molecular weight is 980 g/mol. The lowest BCUT2D eigenvalue weighted by Crippen LogP contribution is -2.51. The molecule has 18 nitrogen and oxygen atoms in total. The van der Waals surface area contributed by atoms with Gasteiger partial charge in [0.1, 0.15) is 34.5 Å². The van der Waals surface area contributed by atoms with Crippen LogP contribution < -0.4 is 15.4 Å². The van der Waals surface area contributed by atoms with Crippen LogP contribution >= 0.6 is 11.3 Å². The summed E-state index contributed by atoms with van der Waals surface area (Å²) >= 11 is 1.56. The van der Waals surface area contributed by atoms with Crippen molar-refractivity contribution in [3.05, 3.63) is 102 Å². The normalized spacial score (nSPS) is 18.3. The molecule has 19 heteroatoms. The van der Waals surface area contributed by atoms with Gasteiger partial charge in [-0.3, -0.25) is 19.1 Å². The van der Waals surface area contributed by atoms with Gasteiger partial charge in [-0.15, -0.1) is 11.3 Å². The highest BCUT2D eigenvalue weighted by atomic mass is 32.1. The fraction of sp³-hybridized carbons (Fsp3) is 0.385. The highest BCUT2D eigenvalue weighted by molar-refractivity contribution is 7.15. The van der Waals surface area contributed by atoms with E-state index in [0.29, 0.717) is 30.5 Å². The summed E-state index contributed by atoms with van der Waals surface area (Å²) < 4.78 is 19.0. The molecule has 0 bridgehead atoms. The lowest BCUT2D eigenvalue weighted by molar-refractivity contribution is -0.136. The van der Waals surface area contributed by atoms with E-state index in [-0.39, 0.29) is 35.7 Å². The summed E-state index contributed by atoms with van der Waals surface area (Å²) in [5.74, 6) is 1.45. The first-order chi connectivity index (χ1) is 34.3. The van der Waals surface area contributed by atoms with E-state index in [1.807, 2.05) is 74.3 Å². The summed E-state index contributed by atoms with van der Waals surface area (Å²) in [7, 11) is 2.58. The summed E-state index contributed by atoms with van der Waals surface area (Å²) in [4.78, 5) is 82.5. The second kappa shape index (κ2) is 19.3. The second-order valence-electron chi connectivity index (χ2n) is 19.1. The van der Waals surface area contributed by atoms with Gasteiger partial charge in [0, 0.05) is 59.3 Å². The van der Waals surface area contributed by atoms with Crippen LogP contribution in [0.25, 0.3) is 55.2 Å². The molecule has 8 heterocycles. The van der Waals surface area contributed by atoms with Crippen molar-refractivity contribution in [3.63, 3.8) is 0 Å². The Hall–Kier alpha value is -7.54. The number of carbonyl (C=O) groups is 4. The van der Waals surface area contributed by atoms with Gasteiger partial charge in [0.15, 0.2) is 0 Å². The van der Waals surface area contributed by atoms with Gasteiger partial charge in [-0.05, 0) is 92.5 Å². The number of aromatic nitrogens is 7. The van der Waals surface area contributed by atoms with Crippen molar-refractivity contribution in [2.45, 2.75) is 90.7 Å². The molecular weight excluding hydrogens is 923 g/mol. The van der Waals surface area contributed by atoms with Crippen LogP contribution in [0.3, 0.4) is 0 Å². The zero-order chi connectivity index (χ0) is 49.7. The number of nitrogens with zero attached hydrogens (tertiary/aromatic N) is 7. The smallest absolute Gasteiger partial charge is 0.407 e. The number of carbonyl (C=O) groups excluding carboxylic acids is 4. The molecule has 71 heavy (non-hydrogen) atoms. The molecule has 4 N–H and O–H groups in total. The molecule has 2 fully saturated rings. The van der Waals surface area contributed by atoms with Gasteiger partial charge in [0.05, 0.1) is 66.2 Å². The number of fused-ring (bicyclic) bond motifs is 5. The van der Waals surface area contributed by atoms with Crippen molar-refractivity contribution >= 4 is 46.2 Å². The predicted octanol–water partition coefficient (Wildman–Crippen LogP) is 8.94. The van der Waals surface area contributed by atoms with Crippen LogP contribution in [-0.2, 0) is 19.1 Å². The maximum atomic E-state index is 13.9. The van der Waals surface area contributed by atoms with Crippen molar-refractivity contribution in [3.8, 4) is 50.1 Å². The highest BCUT2D eigenvalue weighted by Crippen LogP contribution is 2.49. The Labute approximate surface area is 414 Å². The van der Waals surface area contributed by atoms with Crippen LogP contribution in [0.5, 0.6) is 5.75 Å². The molecule has 0 radical (unpaired) electrons. The number of benzene rings is 2. The number of ether oxygens (including phenoxy) is 3. The molecule has 0 saturated carbocycles. The van der Waals surface area contributed by atoms with E-state index in [1.54, 1.807) is 23.7 Å². The molecule has 4 amide bonds. The first-order valence-electron chi connectivity index (χ1n) is 24.0. The monoisotopic (exact) mass is 979 g/mol. The van der Waals surface area contributed by atoms with E-state index >= 15 is 0 Å². The number of aromatic amines is 2. The summed E-state index contributed by atoms with van der Waals surface area (Å²) in [6.07, 6.45) is 10.3. The van der Waals surface area contributed by atoms with Crippen molar-refractivity contribution in [2.24, 2.45) is 11.8 Å². The number of hydrogen-bond donors (Lipinski definition) is 4. The molecule has 0 spiro atoms. The number of methoxy groups -OCH3 is 2. The Morgan fingerprint density at radius 2 is 1.37 bits per heavy atom. The topological polar surface area (TPSA) is 215 Å². The maximum Gasteiger partial charge on any atom is 0.407 e. The molecule has 3 aliphatic rings. The second-order valence-corrected chi connectivity index (χ2v) is 20.1. The van der Waals surface area contributed by atoms with Crippen LogP contribution in [0.2, 0.25) is 0 Å². The standard InChI is InChI=1S/C52H57N11O7S/c1-27(2)43(59-51(66)68-6)48(64)61-17-9-12-37(61)45-54-24-34(57-45)30-14-15-36-33(20-30)21-39-42-29(5)19-32(22-40(42)70-50(63(36)39)41-26-56-47(71-41)31-11-8-16-53-23-31)35-25-55-46(58-35)38-13-10-18-62(38)49(65)44(28(3)4)60-52(67)69-7/h8,11,14-16,19-28,37-38,43-44,50H,9-10,12-13,17-18H2,1-7H3,(H,54,57)(H,55,58)(H,59,66)(H,60,67)/t37-,38-,43-,44-,50?/m0/s1. The van der Waals surface area contributed by atoms with Gasteiger partial charge in [0.25, 0.3) is 0 Å². The highest BCUT2D eigenvalue weighted by Gasteiger charge is 2.40. The fourth-order valence-corrected chi connectivity index (χ4v) is 11.2. The van der Waals surface area contributed by atoms with Crippen LogP contribution in [0, 0.1) is 18.8 Å². The summed E-state index contributed by atoms with van der Waals surface area (Å²) in [6.45, 7) is 10.8. The third-order valence-corrected chi connectivity index (χ3v) is 14.9. The van der Waals surface area contributed by atoms with Crippen molar-refractivity contribution in [2.75, 3.05) is 27.3 Å². The van der Waals surface area contributed by atoms with E-state index in [9.17, 15) is 19.2 Å². The Morgan fingerprint density at radius 3 is 1.94 bits per heavy atom. The first-order valence-corrected chi connectivity index (χ1v) is 24.9. The minimum Gasteiger partial charge on any atom is -0.464 e. The number of alkyl carbamates (subject to hydrolysis) is 2. The number of nitrogens with one attached hydrogen (secondary N) is 4. The lowest BCUT2D eigenvalue weighted by Gasteiger charge is -2.30. The van der Waals surface area contributed by atoms with Crippen LogP contribution in [0.4, 0.5) is 9.59 Å². The van der Waals surface area contributed by atoms with Gasteiger partial charge in [-0.1, -0.05) is 33.8 Å². The number of hydrogen-bond acceptors (Lipinski definition) is 12. The Morgan fingerprint density at radius 1 is 0.746 bits per heavy atom. The molecule has 2 aromatic carbocycles. The molecule has 10 rings (SSSR count). The molecule has 2 saturated heterocycles. The molecule has 0 aliphatic carbocycles. The number of H-pyrrole nitrogens is 2. The average Bonchev–Trinajstić information content (AvgIpc) is 4.24. The van der Waals surface area contributed by atoms with E-state index in [2.05, 4.69) is 67.4 Å². The quantitative estimate of drug-likeness (QED) is 0.0907. The third kappa shape index (κ3) is 8.87. The molecule has 5 atom stereocenters. The van der Waals surface area contributed by atoms with Crippen LogP contribution in [-0.4, -0.2) is 108 Å². The predicted molar refractivity (Wildman–Crippen MR) is 267 cm³/mol. The van der Waals surface area contributed by atoms with Gasteiger partial charge in [-0.25, -0.2) is 24.5 Å². The first kappa shape index (κ1) is 47.2. The van der Waals surface area contributed by atoms with E-state index in [1.165, 1.54) is 14.2 Å². The van der Waals surface area contributed by atoms with Crippen molar-refractivity contribution in [1.82, 2.24) is 54.9 Å². The summed E-state index contributed by atoms with van der Waals surface area (Å²) in [5, 5.41) is 7.28. The number of imidazole rings is 2. The van der Waals surface area contributed by atoms with Crippen LogP contribution in [0.15, 0.2) is 79.5 Å². The van der Waals surface area contributed by atoms with Gasteiger partial charge in [-0.2, -0.15) is 0 Å². The van der Waals surface area contributed by atoms with Gasteiger partial charge >= 0.3 is 12.2 Å². The zero-order valence-corrected chi connectivity index (χ0v) is 41.5. The van der Waals surface area contributed by atoms with Crippen molar-refractivity contribution in [1.29, 1.82) is 0 Å². The van der Waals surface area contributed by atoms with Crippen LogP contribution in [0.1, 0.15) is 93.8 Å². The third-order valence-electron chi connectivity index (χ3n) is 13.8. The number of likely N-dealkylation sites (tertiary alicyclic amines) is 2. The maximum absolute atomic E-state index is 13.9. The Kier molecular flexibility index (Phi) is 12.8. The minimum absolute atomic E-state index is 0.141. The largest absolute Gasteiger partial charge is 0.464 e. The molecular formula is C52H57N11O7S. The summed E-state index contributed by atoms with van der Waals surface area (Å²) in [5.41, 5.74) is 8.25. The number of amides is 4. The molecule has 368 valence electrons. The molecule has 7 aromatic rings. The summed E-state index contributed by atoms with van der Waals surface area (Å²) in [6, 6.07) is 14.6. The van der Waals surface area contributed by atoms with E-state index in [0.717, 1.165) is 91.4 Å². The van der Waals surface area contributed by atoms with Crippen molar-refractivity contribution < 1.29 is 33.4 Å². The molecule has 5 aromatic heterocycles. The minimum atomic E-state index is -0.736. The van der Waals surface area contributed by atoms with Gasteiger partial charge < -0.3 is 44.6 Å². The number of thiazole rings is 1. The molecule has 1 unspecified atom stereocenters. The lowest BCUT2D eigenvalue weighted by atomic mass is 9.98. The number of pyridine rings is 1. The van der Waals surface area contributed by atoms with E-state index < -0.39 is 30.5 Å². The van der Waals surface area contributed by atoms with Gasteiger partial charge in [0.2, 0.25) is 18.0 Å². The number of rotatable bonds is 12. The Bertz CT molecular complexity index is 3140. The Balaban J connectivity index is 0.983. The fourth-order valence-electron chi connectivity index (χ4n) is 10.3. The molecule has 3 aliphatic heterocycles. The number of aryl methyl sites for hydroxylation is 1. The zero-order valence-electron chi connectivity index (χ0n) is 40.7. The van der Waals surface area contributed by atoms with E-state index in [4.69, 9.17) is 29.2 Å². The SMILES string of the molecule is COC(=O)N[C@H](C(=O)N1CCC[C@H]1c1ncc(-c2cc(C)c3c(c2)OC(c2cnc(-c4cccnc4)s2)n2c-3cc3cc(-c4cnc([C@@H]5CCCN5C(=O)[C@@H](NC(=O)OC)C(C)C)[nH]4)ccc32)[nH]1)C(C)C.